The smallest absolute Gasteiger partial charge is 0.251 e. The quantitative estimate of drug-likeness (QED) is 0.595. The van der Waals surface area contributed by atoms with E-state index < -0.39 is 0 Å². The van der Waals surface area contributed by atoms with Crippen molar-refractivity contribution in [3.63, 3.8) is 0 Å². The molecule has 1 rings (SSSR count). The molecular weight excluding hydrogens is 312 g/mol. The molecule has 0 saturated carbocycles. The molecule has 100 valence electrons. The van der Waals surface area contributed by atoms with Gasteiger partial charge in [0.2, 0.25) is 0 Å². The summed E-state index contributed by atoms with van der Waals surface area (Å²) in [7, 11) is 0. The first kappa shape index (κ1) is 15.4. The third-order valence-electron chi connectivity index (χ3n) is 2.57. The molecule has 0 radical (unpaired) electrons. The largest absolute Gasteiger partial charge is 0.398 e. The lowest BCUT2D eigenvalue weighted by atomic mass is 10.2. The van der Waals surface area contributed by atoms with Gasteiger partial charge >= 0.3 is 0 Å². The Morgan fingerprint density at radius 2 is 2.17 bits per heavy atom. The second-order valence-electron chi connectivity index (χ2n) is 4.05. The van der Waals surface area contributed by atoms with Gasteiger partial charge in [-0.2, -0.15) is 11.8 Å². The fourth-order valence-electron chi connectivity index (χ4n) is 1.54. The lowest BCUT2D eigenvalue weighted by molar-refractivity contribution is 0.0953. The molecule has 0 aliphatic heterocycles. The third kappa shape index (κ3) is 5.31. The van der Waals surface area contributed by atoms with Crippen LogP contribution in [-0.4, -0.2) is 24.5 Å². The number of hydrogen-bond donors (Lipinski definition) is 2. The van der Waals surface area contributed by atoms with E-state index in [0.717, 1.165) is 23.9 Å². The van der Waals surface area contributed by atoms with Crippen LogP contribution in [0.1, 0.15) is 29.6 Å². The first-order valence-electron chi connectivity index (χ1n) is 5.97. The molecule has 1 aromatic carbocycles. The second-order valence-corrected chi connectivity index (χ2v) is 5.89. The first-order valence-corrected chi connectivity index (χ1v) is 8.16. The zero-order chi connectivity index (χ0) is 13.4. The number of unbranched alkanes of at least 4 members (excludes halogenated alkanes) is 2. The maximum absolute atomic E-state index is 11.8. The Kier molecular flexibility index (Phi) is 7.20. The Morgan fingerprint density at radius 1 is 1.39 bits per heavy atom. The van der Waals surface area contributed by atoms with Gasteiger partial charge in [0, 0.05) is 22.3 Å². The van der Waals surface area contributed by atoms with Crippen molar-refractivity contribution in [3.8, 4) is 0 Å². The first-order chi connectivity index (χ1) is 8.65. The summed E-state index contributed by atoms with van der Waals surface area (Å²) in [5, 5.41) is 2.91. The standard InChI is InChI=1S/C13H19BrN2OS/c1-18-8-4-2-3-7-16-13(17)10-5-6-11(14)12(15)9-10/h5-6,9H,2-4,7-8,15H2,1H3,(H,16,17). The number of thioether (sulfide) groups is 1. The van der Waals surface area contributed by atoms with E-state index in [0.29, 0.717) is 11.3 Å². The van der Waals surface area contributed by atoms with E-state index in [-0.39, 0.29) is 5.91 Å². The Bertz CT molecular complexity index is 399. The maximum Gasteiger partial charge on any atom is 0.251 e. The maximum atomic E-state index is 11.8. The Balaban J connectivity index is 2.30. The van der Waals surface area contributed by atoms with Crippen molar-refractivity contribution in [3.05, 3.63) is 28.2 Å². The van der Waals surface area contributed by atoms with Crippen LogP contribution in [-0.2, 0) is 0 Å². The van der Waals surface area contributed by atoms with Crippen LogP contribution in [0.15, 0.2) is 22.7 Å². The summed E-state index contributed by atoms with van der Waals surface area (Å²) < 4.78 is 0.816. The van der Waals surface area contributed by atoms with Crippen molar-refractivity contribution < 1.29 is 4.79 Å². The molecule has 0 spiro atoms. The van der Waals surface area contributed by atoms with Gasteiger partial charge in [0.15, 0.2) is 0 Å². The SMILES string of the molecule is CSCCCCCNC(=O)c1ccc(Br)c(N)c1. The van der Waals surface area contributed by atoms with E-state index in [1.165, 1.54) is 12.2 Å². The van der Waals surface area contributed by atoms with Gasteiger partial charge in [0.1, 0.15) is 0 Å². The monoisotopic (exact) mass is 330 g/mol. The van der Waals surface area contributed by atoms with Crippen molar-refractivity contribution in [2.75, 3.05) is 24.3 Å². The van der Waals surface area contributed by atoms with Crippen LogP contribution >= 0.6 is 27.7 Å². The third-order valence-corrected chi connectivity index (χ3v) is 3.99. The van der Waals surface area contributed by atoms with E-state index in [4.69, 9.17) is 5.73 Å². The van der Waals surface area contributed by atoms with Crippen molar-refractivity contribution >= 4 is 39.3 Å². The van der Waals surface area contributed by atoms with E-state index in [1.807, 2.05) is 11.8 Å². The highest BCUT2D eigenvalue weighted by molar-refractivity contribution is 9.10. The van der Waals surface area contributed by atoms with Gasteiger partial charge in [0.05, 0.1) is 0 Å². The minimum absolute atomic E-state index is 0.0564. The fourth-order valence-corrected chi connectivity index (χ4v) is 2.28. The lowest BCUT2D eigenvalue weighted by Crippen LogP contribution is -2.24. The van der Waals surface area contributed by atoms with E-state index in [2.05, 4.69) is 27.5 Å². The molecule has 0 unspecified atom stereocenters. The molecule has 0 heterocycles. The van der Waals surface area contributed by atoms with E-state index in [9.17, 15) is 4.79 Å². The van der Waals surface area contributed by atoms with Gasteiger partial charge in [-0.1, -0.05) is 6.42 Å². The average molecular weight is 331 g/mol. The Labute approximate surface area is 121 Å². The number of carbonyl (C=O) groups excluding carboxylic acids is 1. The van der Waals surface area contributed by atoms with Gasteiger partial charge in [-0.15, -0.1) is 0 Å². The summed E-state index contributed by atoms with van der Waals surface area (Å²) in [6.07, 6.45) is 5.50. The number of halogens is 1. The summed E-state index contributed by atoms with van der Waals surface area (Å²) in [5.74, 6) is 1.14. The van der Waals surface area contributed by atoms with Crippen LogP contribution in [0, 0.1) is 0 Å². The van der Waals surface area contributed by atoms with Crippen molar-refractivity contribution in [1.29, 1.82) is 0 Å². The highest BCUT2D eigenvalue weighted by Crippen LogP contribution is 2.20. The lowest BCUT2D eigenvalue weighted by Gasteiger charge is -2.06. The number of nitrogen functional groups attached to an aromatic ring is 1. The summed E-state index contributed by atoms with van der Waals surface area (Å²) in [6, 6.07) is 5.25. The number of anilines is 1. The molecule has 5 heteroatoms. The normalized spacial score (nSPS) is 10.3. The molecule has 18 heavy (non-hydrogen) atoms. The number of benzene rings is 1. The van der Waals surface area contributed by atoms with Crippen LogP contribution in [0.3, 0.4) is 0 Å². The summed E-state index contributed by atoms with van der Waals surface area (Å²) >= 11 is 5.17. The fraction of sp³-hybridized carbons (Fsp3) is 0.462. The van der Waals surface area contributed by atoms with Crippen molar-refractivity contribution in [1.82, 2.24) is 5.32 Å². The predicted octanol–water partition coefficient (Wildman–Crippen LogP) is 3.29. The molecule has 0 fully saturated rings. The zero-order valence-corrected chi connectivity index (χ0v) is 12.9. The van der Waals surface area contributed by atoms with Gasteiger partial charge in [-0.05, 0) is 59.0 Å². The predicted molar refractivity (Wildman–Crippen MR) is 83.1 cm³/mol. The summed E-state index contributed by atoms with van der Waals surface area (Å²) in [4.78, 5) is 11.8. The second kappa shape index (κ2) is 8.43. The minimum atomic E-state index is -0.0564. The van der Waals surface area contributed by atoms with Gasteiger partial charge in [-0.3, -0.25) is 4.79 Å². The molecular formula is C13H19BrN2OS. The molecule has 1 amide bonds. The molecule has 3 N–H and O–H groups in total. The number of nitrogens with one attached hydrogen (secondary N) is 1. The summed E-state index contributed by atoms with van der Waals surface area (Å²) in [6.45, 7) is 0.725. The van der Waals surface area contributed by atoms with Crippen molar-refractivity contribution in [2.45, 2.75) is 19.3 Å². The highest BCUT2D eigenvalue weighted by Gasteiger charge is 2.06. The highest BCUT2D eigenvalue weighted by atomic mass is 79.9. The number of rotatable bonds is 7. The molecule has 0 saturated heterocycles. The number of amides is 1. The molecule has 0 aromatic heterocycles. The van der Waals surface area contributed by atoms with Crippen LogP contribution < -0.4 is 11.1 Å². The number of carbonyl (C=O) groups is 1. The van der Waals surface area contributed by atoms with Crippen molar-refractivity contribution in [2.24, 2.45) is 0 Å². The molecule has 0 aliphatic rings. The van der Waals surface area contributed by atoms with Crippen LogP contribution in [0.2, 0.25) is 0 Å². The number of hydrogen-bond acceptors (Lipinski definition) is 3. The van der Waals surface area contributed by atoms with Crippen LogP contribution in [0.25, 0.3) is 0 Å². The van der Waals surface area contributed by atoms with Gasteiger partial charge in [0.25, 0.3) is 5.91 Å². The number of nitrogens with two attached hydrogens (primary N) is 1. The minimum Gasteiger partial charge on any atom is -0.398 e. The zero-order valence-electron chi connectivity index (χ0n) is 10.5. The molecule has 3 nitrogen and oxygen atoms in total. The van der Waals surface area contributed by atoms with E-state index >= 15 is 0 Å². The molecule has 0 bridgehead atoms. The molecule has 0 atom stereocenters. The Morgan fingerprint density at radius 3 is 2.83 bits per heavy atom. The topological polar surface area (TPSA) is 55.1 Å². The van der Waals surface area contributed by atoms with Crippen LogP contribution in [0.5, 0.6) is 0 Å². The molecule has 1 aromatic rings. The van der Waals surface area contributed by atoms with Crippen LogP contribution in [0.4, 0.5) is 5.69 Å². The van der Waals surface area contributed by atoms with E-state index in [1.54, 1.807) is 18.2 Å². The Hall–Kier alpha value is -0.680. The van der Waals surface area contributed by atoms with Gasteiger partial charge < -0.3 is 11.1 Å². The molecule has 0 aliphatic carbocycles. The average Bonchev–Trinajstić information content (AvgIpc) is 2.36. The van der Waals surface area contributed by atoms with Gasteiger partial charge in [-0.25, -0.2) is 0 Å². The summed E-state index contributed by atoms with van der Waals surface area (Å²) in [5.41, 5.74) is 6.94.